The van der Waals surface area contributed by atoms with Crippen LogP contribution in [0.3, 0.4) is 0 Å². The molecule has 1 fully saturated rings. The van der Waals surface area contributed by atoms with Crippen molar-refractivity contribution in [1.29, 1.82) is 0 Å². The van der Waals surface area contributed by atoms with Crippen LogP contribution in [-0.2, 0) is 19.6 Å². The summed E-state index contributed by atoms with van der Waals surface area (Å²) in [6, 6.07) is 7.84. The maximum atomic E-state index is 13.1. The van der Waals surface area contributed by atoms with E-state index in [1.54, 1.807) is 12.4 Å². The third-order valence-electron chi connectivity index (χ3n) is 5.82. The highest BCUT2D eigenvalue weighted by molar-refractivity contribution is 5.51. The number of nitrogens with one attached hydrogen (secondary N) is 1. The summed E-state index contributed by atoms with van der Waals surface area (Å²) in [5.41, 5.74) is 2.92. The Kier molecular flexibility index (Phi) is 4.73. The molecule has 150 valence electrons. The van der Waals surface area contributed by atoms with E-state index >= 15 is 0 Å². The number of hydrogen-bond acceptors (Lipinski definition) is 7. The summed E-state index contributed by atoms with van der Waals surface area (Å²) in [6.45, 7) is 3.79. The molecule has 0 spiro atoms. The molecule has 0 unspecified atom stereocenters. The van der Waals surface area contributed by atoms with Crippen LogP contribution in [0.15, 0.2) is 46.0 Å². The normalized spacial score (nSPS) is 20.6. The van der Waals surface area contributed by atoms with Crippen LogP contribution in [0.1, 0.15) is 29.5 Å². The SMILES string of the molecule is CN(Cc1nc(-c2cccnc2)no1)Cc1ccc2n(c1=O)C[C@@H]1CNC[C@H]2C1. The predicted molar refractivity (Wildman–Crippen MR) is 107 cm³/mol. The molecule has 2 aliphatic rings. The maximum absolute atomic E-state index is 13.1. The third kappa shape index (κ3) is 3.61. The van der Waals surface area contributed by atoms with E-state index in [2.05, 4.69) is 26.5 Å². The number of piperidine rings is 1. The lowest BCUT2D eigenvalue weighted by molar-refractivity contribution is 0.248. The summed E-state index contributed by atoms with van der Waals surface area (Å²) in [6.07, 6.45) is 4.60. The Hall–Kier alpha value is -2.84. The number of fused-ring (bicyclic) bond motifs is 4. The fourth-order valence-electron chi connectivity index (χ4n) is 4.47. The van der Waals surface area contributed by atoms with Crippen LogP contribution in [0.4, 0.5) is 0 Å². The lowest BCUT2D eigenvalue weighted by Gasteiger charge is -2.37. The molecule has 5 rings (SSSR count). The van der Waals surface area contributed by atoms with E-state index in [4.69, 9.17) is 4.52 Å². The first-order chi connectivity index (χ1) is 14.2. The number of pyridine rings is 2. The van der Waals surface area contributed by atoms with Gasteiger partial charge in [-0.2, -0.15) is 4.98 Å². The van der Waals surface area contributed by atoms with E-state index in [-0.39, 0.29) is 5.56 Å². The number of hydrogen-bond donors (Lipinski definition) is 1. The van der Waals surface area contributed by atoms with Crippen molar-refractivity contribution in [3.8, 4) is 11.4 Å². The van der Waals surface area contributed by atoms with Crippen LogP contribution in [0.25, 0.3) is 11.4 Å². The standard InChI is InChI=1S/C21H24N6O2/c1-26(13-19-24-20(25-29-19)15-3-2-6-22-9-15)12-16-4-5-18-17-7-14(8-23-10-17)11-27(18)21(16)28/h2-6,9,14,17,23H,7-8,10-13H2,1H3/t14-,17+/m0/s1. The van der Waals surface area contributed by atoms with Gasteiger partial charge in [0.15, 0.2) is 0 Å². The molecule has 0 radical (unpaired) electrons. The number of nitrogens with zero attached hydrogens (tertiary/aromatic N) is 5. The molecule has 0 aromatic carbocycles. The zero-order chi connectivity index (χ0) is 19.8. The van der Waals surface area contributed by atoms with Gasteiger partial charge in [0, 0.05) is 54.8 Å². The summed E-state index contributed by atoms with van der Waals surface area (Å²) in [7, 11) is 1.95. The third-order valence-corrected chi connectivity index (χ3v) is 5.82. The van der Waals surface area contributed by atoms with E-state index in [0.29, 0.717) is 36.6 Å². The van der Waals surface area contributed by atoms with Gasteiger partial charge in [-0.05, 0) is 44.1 Å². The molecule has 1 N–H and O–H groups in total. The molecule has 3 aromatic heterocycles. The van der Waals surface area contributed by atoms with Crippen molar-refractivity contribution in [3.05, 3.63) is 64.2 Å². The quantitative estimate of drug-likeness (QED) is 0.706. The highest BCUT2D eigenvalue weighted by Gasteiger charge is 2.31. The predicted octanol–water partition coefficient (Wildman–Crippen LogP) is 1.63. The molecule has 2 aliphatic heterocycles. The molecule has 0 saturated carbocycles. The van der Waals surface area contributed by atoms with E-state index < -0.39 is 0 Å². The summed E-state index contributed by atoms with van der Waals surface area (Å²) in [5.74, 6) is 2.04. The van der Waals surface area contributed by atoms with Crippen molar-refractivity contribution >= 4 is 0 Å². The average molecular weight is 392 g/mol. The van der Waals surface area contributed by atoms with E-state index in [9.17, 15) is 4.79 Å². The largest absolute Gasteiger partial charge is 0.338 e. The van der Waals surface area contributed by atoms with Gasteiger partial charge in [0.25, 0.3) is 5.56 Å². The first kappa shape index (κ1) is 18.2. The van der Waals surface area contributed by atoms with Gasteiger partial charge < -0.3 is 14.4 Å². The minimum absolute atomic E-state index is 0.132. The molecule has 2 bridgehead atoms. The van der Waals surface area contributed by atoms with Crippen molar-refractivity contribution in [2.75, 3.05) is 20.1 Å². The molecular weight excluding hydrogens is 368 g/mol. The zero-order valence-corrected chi connectivity index (χ0v) is 16.4. The topological polar surface area (TPSA) is 89.1 Å². The van der Waals surface area contributed by atoms with Crippen LogP contribution < -0.4 is 10.9 Å². The lowest BCUT2D eigenvalue weighted by atomic mass is 9.84. The molecule has 0 aliphatic carbocycles. The molecule has 3 aromatic rings. The Bertz CT molecular complexity index is 1060. The van der Waals surface area contributed by atoms with Gasteiger partial charge in [-0.25, -0.2) is 0 Å². The van der Waals surface area contributed by atoms with Crippen LogP contribution in [0.2, 0.25) is 0 Å². The number of aromatic nitrogens is 4. The van der Waals surface area contributed by atoms with Crippen LogP contribution in [-0.4, -0.2) is 44.7 Å². The summed E-state index contributed by atoms with van der Waals surface area (Å²) in [4.78, 5) is 23.6. The van der Waals surface area contributed by atoms with Crippen LogP contribution in [0.5, 0.6) is 0 Å². The van der Waals surface area contributed by atoms with Crippen molar-refractivity contribution < 1.29 is 4.52 Å². The second-order valence-electron chi connectivity index (χ2n) is 8.08. The molecule has 2 atom stereocenters. The molecular formula is C21H24N6O2. The Morgan fingerprint density at radius 1 is 1.28 bits per heavy atom. The molecule has 8 heteroatoms. The number of rotatable bonds is 5. The van der Waals surface area contributed by atoms with E-state index in [0.717, 1.165) is 30.8 Å². The molecule has 8 nitrogen and oxygen atoms in total. The van der Waals surface area contributed by atoms with Crippen LogP contribution >= 0.6 is 0 Å². The van der Waals surface area contributed by atoms with Crippen LogP contribution in [0, 0.1) is 5.92 Å². The molecule has 5 heterocycles. The smallest absolute Gasteiger partial charge is 0.255 e. The van der Waals surface area contributed by atoms with E-state index in [1.807, 2.05) is 34.7 Å². The van der Waals surface area contributed by atoms with Crippen molar-refractivity contribution in [3.63, 3.8) is 0 Å². The summed E-state index contributed by atoms with van der Waals surface area (Å²) in [5, 5.41) is 7.51. The van der Waals surface area contributed by atoms with Gasteiger partial charge in [-0.3, -0.25) is 14.7 Å². The highest BCUT2D eigenvalue weighted by Crippen LogP contribution is 2.31. The first-order valence-corrected chi connectivity index (χ1v) is 10.0. The fourth-order valence-corrected chi connectivity index (χ4v) is 4.47. The fraction of sp³-hybridized carbons (Fsp3) is 0.429. The molecule has 1 saturated heterocycles. The van der Waals surface area contributed by atoms with Crippen molar-refractivity contribution in [2.24, 2.45) is 5.92 Å². The molecule has 0 amide bonds. The Morgan fingerprint density at radius 3 is 3.07 bits per heavy atom. The van der Waals surface area contributed by atoms with Gasteiger partial charge in [0.1, 0.15) is 0 Å². The van der Waals surface area contributed by atoms with Gasteiger partial charge in [-0.1, -0.05) is 11.2 Å². The lowest BCUT2D eigenvalue weighted by Crippen LogP contribution is -2.45. The van der Waals surface area contributed by atoms with E-state index in [1.165, 1.54) is 12.1 Å². The van der Waals surface area contributed by atoms with Gasteiger partial charge in [-0.15, -0.1) is 0 Å². The second-order valence-corrected chi connectivity index (χ2v) is 8.08. The molecule has 29 heavy (non-hydrogen) atoms. The van der Waals surface area contributed by atoms with Crippen molar-refractivity contribution in [1.82, 2.24) is 29.9 Å². The van der Waals surface area contributed by atoms with Crippen molar-refractivity contribution in [2.45, 2.75) is 32.0 Å². The highest BCUT2D eigenvalue weighted by atomic mass is 16.5. The second kappa shape index (κ2) is 7.53. The minimum atomic E-state index is 0.132. The van der Waals surface area contributed by atoms with Gasteiger partial charge in [0.05, 0.1) is 6.54 Å². The van der Waals surface area contributed by atoms with Gasteiger partial charge >= 0.3 is 0 Å². The van der Waals surface area contributed by atoms with Gasteiger partial charge in [0.2, 0.25) is 11.7 Å². The monoisotopic (exact) mass is 392 g/mol. The Labute approximate surface area is 168 Å². The minimum Gasteiger partial charge on any atom is -0.338 e. The summed E-state index contributed by atoms with van der Waals surface area (Å²) >= 11 is 0. The Morgan fingerprint density at radius 2 is 2.21 bits per heavy atom. The summed E-state index contributed by atoms with van der Waals surface area (Å²) < 4.78 is 7.37. The Balaban J connectivity index is 1.30. The average Bonchev–Trinajstić information content (AvgIpc) is 3.20. The first-order valence-electron chi connectivity index (χ1n) is 10.0. The maximum Gasteiger partial charge on any atom is 0.255 e. The zero-order valence-electron chi connectivity index (χ0n) is 16.4.